The highest BCUT2D eigenvalue weighted by Crippen LogP contribution is 2.36. The van der Waals surface area contributed by atoms with Crippen LogP contribution in [0.1, 0.15) is 28.3 Å². The van der Waals surface area contributed by atoms with Crippen molar-refractivity contribution in [3.8, 4) is 0 Å². The van der Waals surface area contributed by atoms with Gasteiger partial charge >= 0.3 is 12.2 Å². The number of anilines is 1. The topological polar surface area (TPSA) is 32.3 Å². The summed E-state index contributed by atoms with van der Waals surface area (Å²) in [5.41, 5.74) is 0.905. The van der Waals surface area contributed by atoms with E-state index in [2.05, 4.69) is 5.32 Å². The number of hydrogen-bond acceptors (Lipinski definition) is 1. The van der Waals surface area contributed by atoms with Crippen molar-refractivity contribution in [2.75, 3.05) is 5.32 Å². The fourth-order valence-corrected chi connectivity index (χ4v) is 3.92. The van der Waals surface area contributed by atoms with Crippen molar-refractivity contribution in [1.29, 1.82) is 0 Å². The largest absolute Gasteiger partial charge is 0.418 e. The van der Waals surface area contributed by atoms with Crippen molar-refractivity contribution >= 4 is 11.7 Å². The number of nitrogens with one attached hydrogen (secondary N) is 1. The lowest BCUT2D eigenvalue weighted by Gasteiger charge is -2.33. The van der Waals surface area contributed by atoms with Crippen molar-refractivity contribution < 1.29 is 22.4 Å². The number of alkyl halides is 3. The maximum Gasteiger partial charge on any atom is 0.418 e. The predicted molar refractivity (Wildman–Crippen MR) is 127 cm³/mol. The molecule has 0 fully saturated rings. The summed E-state index contributed by atoms with van der Waals surface area (Å²) in [6.45, 7) is 0.0365. The van der Waals surface area contributed by atoms with Gasteiger partial charge in [-0.3, -0.25) is 0 Å². The molecule has 1 N–H and O–H groups in total. The number of carbonyl (C=O) groups is 1. The molecule has 0 aliphatic heterocycles. The second-order valence-electron chi connectivity index (χ2n) is 7.95. The third-order valence-electron chi connectivity index (χ3n) is 5.54. The maximum absolute atomic E-state index is 13.6. The summed E-state index contributed by atoms with van der Waals surface area (Å²) in [6, 6.07) is 27.6. The minimum Gasteiger partial charge on any atom is -0.309 e. The number of amides is 2. The molecule has 4 aromatic carbocycles. The van der Waals surface area contributed by atoms with Crippen LogP contribution in [0.5, 0.6) is 0 Å². The summed E-state index contributed by atoms with van der Waals surface area (Å²) in [5, 5.41) is 2.46. The molecule has 4 rings (SSSR count). The first-order chi connectivity index (χ1) is 16.8. The molecule has 35 heavy (non-hydrogen) atoms. The Morgan fingerprint density at radius 2 is 1.26 bits per heavy atom. The lowest BCUT2D eigenvalue weighted by molar-refractivity contribution is -0.136. The van der Waals surface area contributed by atoms with E-state index in [1.54, 1.807) is 12.1 Å². The van der Waals surface area contributed by atoms with E-state index in [1.807, 2.05) is 60.7 Å². The molecule has 178 valence electrons. The molecule has 0 saturated carbocycles. The van der Waals surface area contributed by atoms with Gasteiger partial charge in [0.25, 0.3) is 0 Å². The van der Waals surface area contributed by atoms with Gasteiger partial charge in [-0.1, -0.05) is 84.9 Å². The van der Waals surface area contributed by atoms with E-state index >= 15 is 0 Å². The summed E-state index contributed by atoms with van der Waals surface area (Å²) >= 11 is 0. The SMILES string of the molecule is O=C(Nc1ccccc1C(F)(F)F)N(Cc1ccc(F)cc1)C(c1ccccc1)c1ccccc1. The minimum atomic E-state index is -4.63. The monoisotopic (exact) mass is 478 g/mol. The number of carbonyl (C=O) groups excluding carboxylic acids is 1. The van der Waals surface area contributed by atoms with Crippen LogP contribution in [0.3, 0.4) is 0 Å². The van der Waals surface area contributed by atoms with Crippen LogP contribution in [-0.4, -0.2) is 10.9 Å². The summed E-state index contributed by atoms with van der Waals surface area (Å²) < 4.78 is 54.2. The molecule has 0 unspecified atom stereocenters. The van der Waals surface area contributed by atoms with Crippen molar-refractivity contribution in [1.82, 2.24) is 4.90 Å². The van der Waals surface area contributed by atoms with E-state index in [1.165, 1.54) is 35.2 Å². The Bertz CT molecular complexity index is 1220. The van der Waals surface area contributed by atoms with Gasteiger partial charge in [-0.2, -0.15) is 13.2 Å². The van der Waals surface area contributed by atoms with E-state index in [9.17, 15) is 22.4 Å². The van der Waals surface area contributed by atoms with Crippen LogP contribution in [0.2, 0.25) is 0 Å². The van der Waals surface area contributed by atoms with Crippen molar-refractivity contribution in [3.63, 3.8) is 0 Å². The molecule has 0 atom stereocenters. The summed E-state index contributed by atoms with van der Waals surface area (Å²) in [4.78, 5) is 15.1. The van der Waals surface area contributed by atoms with Crippen LogP contribution in [0, 0.1) is 5.82 Å². The molecule has 0 spiro atoms. The molecule has 0 aliphatic rings. The molecule has 0 aromatic heterocycles. The lowest BCUT2D eigenvalue weighted by Crippen LogP contribution is -2.38. The summed E-state index contributed by atoms with van der Waals surface area (Å²) in [7, 11) is 0. The molecule has 2 amide bonds. The zero-order valence-corrected chi connectivity index (χ0v) is 18.5. The Labute approximate surface area is 200 Å². The molecular weight excluding hydrogens is 456 g/mol. The van der Waals surface area contributed by atoms with Crippen LogP contribution >= 0.6 is 0 Å². The van der Waals surface area contributed by atoms with Gasteiger partial charge in [0.2, 0.25) is 0 Å². The Morgan fingerprint density at radius 1 is 0.743 bits per heavy atom. The first-order valence-corrected chi connectivity index (χ1v) is 10.9. The van der Waals surface area contributed by atoms with Gasteiger partial charge in [-0.15, -0.1) is 0 Å². The average Bonchev–Trinajstić information content (AvgIpc) is 2.86. The number of rotatable bonds is 6. The van der Waals surface area contributed by atoms with Crippen molar-refractivity contribution in [3.05, 3.63) is 137 Å². The first kappa shape index (κ1) is 24.0. The number of nitrogens with zero attached hydrogens (tertiary/aromatic N) is 1. The predicted octanol–water partition coefficient (Wildman–Crippen LogP) is 7.67. The van der Waals surface area contributed by atoms with Gasteiger partial charge in [0.1, 0.15) is 5.82 Å². The Morgan fingerprint density at radius 3 is 1.80 bits per heavy atom. The van der Waals surface area contributed by atoms with Crippen LogP contribution in [0.4, 0.5) is 28.0 Å². The number of hydrogen-bond donors (Lipinski definition) is 1. The molecule has 3 nitrogen and oxygen atoms in total. The highest BCUT2D eigenvalue weighted by atomic mass is 19.4. The van der Waals surface area contributed by atoms with Crippen molar-refractivity contribution in [2.45, 2.75) is 18.8 Å². The molecule has 0 saturated heterocycles. The third kappa shape index (κ3) is 5.87. The maximum atomic E-state index is 13.6. The van der Waals surface area contributed by atoms with Gasteiger partial charge in [0.15, 0.2) is 0 Å². The third-order valence-corrected chi connectivity index (χ3v) is 5.54. The van der Waals surface area contributed by atoms with E-state index in [0.717, 1.165) is 17.2 Å². The van der Waals surface area contributed by atoms with Gasteiger partial charge in [-0.05, 0) is 41.0 Å². The standard InChI is InChI=1S/C28H22F4N2O/c29-23-17-15-20(16-18-23)19-34(27(35)33-25-14-8-7-13-24(25)28(30,31)32)26(21-9-3-1-4-10-21)22-11-5-2-6-12-22/h1-18,26H,19H2,(H,33,35). The molecule has 7 heteroatoms. The zero-order valence-electron chi connectivity index (χ0n) is 18.5. The number of halogens is 4. The van der Waals surface area contributed by atoms with Crippen LogP contribution in [0.15, 0.2) is 109 Å². The van der Waals surface area contributed by atoms with Crippen LogP contribution in [0.25, 0.3) is 0 Å². The number of benzene rings is 4. The first-order valence-electron chi connectivity index (χ1n) is 10.9. The molecule has 0 heterocycles. The van der Waals surface area contributed by atoms with Gasteiger partial charge < -0.3 is 10.2 Å². The summed E-state index contributed by atoms with van der Waals surface area (Å²) in [6.07, 6.45) is -4.63. The second-order valence-corrected chi connectivity index (χ2v) is 7.95. The van der Waals surface area contributed by atoms with E-state index in [4.69, 9.17) is 0 Å². The Hall–Kier alpha value is -4.13. The normalized spacial score (nSPS) is 11.3. The highest BCUT2D eigenvalue weighted by molar-refractivity contribution is 5.91. The van der Waals surface area contributed by atoms with Gasteiger partial charge in [0.05, 0.1) is 17.3 Å². The quantitative estimate of drug-likeness (QED) is 0.283. The van der Waals surface area contributed by atoms with Crippen LogP contribution < -0.4 is 5.32 Å². The van der Waals surface area contributed by atoms with E-state index < -0.39 is 29.6 Å². The van der Waals surface area contributed by atoms with Crippen molar-refractivity contribution in [2.24, 2.45) is 0 Å². The molecule has 0 radical (unpaired) electrons. The fourth-order valence-electron chi connectivity index (χ4n) is 3.92. The Kier molecular flexibility index (Phi) is 7.15. The average molecular weight is 478 g/mol. The molecule has 4 aromatic rings. The smallest absolute Gasteiger partial charge is 0.309 e. The van der Waals surface area contributed by atoms with E-state index in [-0.39, 0.29) is 12.2 Å². The highest BCUT2D eigenvalue weighted by Gasteiger charge is 2.35. The molecule has 0 aliphatic carbocycles. The Balaban J connectivity index is 1.78. The van der Waals surface area contributed by atoms with Gasteiger partial charge in [0, 0.05) is 6.54 Å². The summed E-state index contributed by atoms with van der Waals surface area (Å²) in [5.74, 6) is -0.425. The number of urea groups is 1. The molecular formula is C28H22F4N2O. The van der Waals surface area contributed by atoms with E-state index in [0.29, 0.717) is 5.56 Å². The minimum absolute atomic E-state index is 0.0365. The molecule has 0 bridgehead atoms. The second kappa shape index (κ2) is 10.4. The van der Waals surface area contributed by atoms with Gasteiger partial charge in [-0.25, -0.2) is 9.18 Å². The zero-order chi connectivity index (χ0) is 24.8. The lowest BCUT2D eigenvalue weighted by atomic mass is 9.96. The number of para-hydroxylation sites is 1. The van der Waals surface area contributed by atoms with Crippen LogP contribution in [-0.2, 0) is 12.7 Å². The fraction of sp³-hybridized carbons (Fsp3) is 0.107.